The third-order valence-electron chi connectivity index (χ3n) is 2.16. The van der Waals surface area contributed by atoms with Crippen molar-refractivity contribution in [1.29, 1.82) is 0 Å². The van der Waals surface area contributed by atoms with Gasteiger partial charge >= 0.3 is 0 Å². The molecule has 0 saturated heterocycles. The van der Waals surface area contributed by atoms with Crippen molar-refractivity contribution >= 4 is 24.8 Å². The lowest BCUT2D eigenvalue weighted by Gasteiger charge is -1.95. The summed E-state index contributed by atoms with van der Waals surface area (Å²) >= 11 is 0. The minimum Gasteiger partial charge on any atom is -0.323 e. The van der Waals surface area contributed by atoms with Crippen LogP contribution in [0.5, 0.6) is 0 Å². The molecule has 0 aromatic carbocycles. The van der Waals surface area contributed by atoms with E-state index in [0.717, 1.165) is 18.5 Å². The van der Waals surface area contributed by atoms with Crippen molar-refractivity contribution < 1.29 is 0 Å². The first kappa shape index (κ1) is 11.8. The van der Waals surface area contributed by atoms with E-state index in [9.17, 15) is 0 Å². The summed E-state index contributed by atoms with van der Waals surface area (Å²) in [6.45, 7) is 2.05. The highest BCUT2D eigenvalue weighted by Gasteiger charge is 2.23. The first-order valence-corrected chi connectivity index (χ1v) is 3.58. The van der Waals surface area contributed by atoms with Crippen LogP contribution in [-0.2, 0) is 6.42 Å². The maximum Gasteiger partial charge on any atom is 0.0824 e. The molecule has 0 saturated carbocycles. The molecule has 1 atom stereocenters. The third-order valence-corrected chi connectivity index (χ3v) is 2.16. The molecule has 0 spiro atoms. The van der Waals surface area contributed by atoms with E-state index in [4.69, 9.17) is 5.73 Å². The van der Waals surface area contributed by atoms with Gasteiger partial charge in [-0.1, -0.05) is 0 Å². The molecule has 1 unspecified atom stereocenters. The lowest BCUT2D eigenvalue weighted by atomic mass is 10.2. The summed E-state index contributed by atoms with van der Waals surface area (Å²) in [6, 6.07) is 0.181. The van der Waals surface area contributed by atoms with Crippen LogP contribution >= 0.6 is 24.8 Å². The van der Waals surface area contributed by atoms with Gasteiger partial charge < -0.3 is 5.73 Å². The molecule has 0 amide bonds. The molecular formula is C7H13Cl2N3. The van der Waals surface area contributed by atoms with Crippen molar-refractivity contribution in [2.24, 2.45) is 5.73 Å². The van der Waals surface area contributed by atoms with Crippen molar-refractivity contribution in [3.8, 4) is 0 Å². The van der Waals surface area contributed by atoms with Crippen molar-refractivity contribution in [2.75, 3.05) is 0 Å². The van der Waals surface area contributed by atoms with Crippen LogP contribution in [0.1, 0.15) is 29.4 Å². The number of nitrogens with two attached hydrogens (primary N) is 1. The number of aryl methyl sites for hydroxylation is 1. The standard InChI is InChI=1S/C7H11N3.2ClH/c1-4-5-2-3-6(8)7(5)10-9-4;;/h6H,2-3,8H2,1H3,(H,9,10);2*1H. The molecule has 3 N–H and O–H groups in total. The van der Waals surface area contributed by atoms with Crippen LogP contribution in [0.2, 0.25) is 0 Å². The number of nitrogens with one attached hydrogen (secondary N) is 1. The van der Waals surface area contributed by atoms with Crippen molar-refractivity contribution in [1.82, 2.24) is 10.2 Å². The van der Waals surface area contributed by atoms with Gasteiger partial charge in [-0.15, -0.1) is 24.8 Å². The number of hydrogen-bond acceptors (Lipinski definition) is 2. The van der Waals surface area contributed by atoms with E-state index in [1.54, 1.807) is 0 Å². The Kier molecular flexibility index (Phi) is 4.03. The average molecular weight is 210 g/mol. The molecule has 0 bridgehead atoms. The fourth-order valence-electron chi connectivity index (χ4n) is 1.53. The number of fused-ring (bicyclic) bond motifs is 1. The lowest BCUT2D eigenvalue weighted by molar-refractivity contribution is 0.683. The Hall–Kier alpha value is -0.250. The zero-order valence-corrected chi connectivity index (χ0v) is 8.47. The minimum absolute atomic E-state index is 0. The van der Waals surface area contributed by atoms with Gasteiger partial charge in [-0.3, -0.25) is 5.10 Å². The molecule has 3 nitrogen and oxygen atoms in total. The molecule has 70 valence electrons. The van der Waals surface area contributed by atoms with Crippen LogP contribution in [0.4, 0.5) is 0 Å². The monoisotopic (exact) mass is 209 g/mol. The van der Waals surface area contributed by atoms with E-state index in [0.29, 0.717) is 0 Å². The van der Waals surface area contributed by atoms with Gasteiger partial charge in [-0.05, 0) is 25.3 Å². The summed E-state index contributed by atoms with van der Waals surface area (Å²) in [5.41, 5.74) is 9.38. The van der Waals surface area contributed by atoms with Crippen molar-refractivity contribution in [3.63, 3.8) is 0 Å². The van der Waals surface area contributed by atoms with E-state index in [1.165, 1.54) is 11.3 Å². The Balaban J connectivity index is 0.000000605. The summed E-state index contributed by atoms with van der Waals surface area (Å²) in [6.07, 6.45) is 2.16. The van der Waals surface area contributed by atoms with Gasteiger partial charge in [0, 0.05) is 11.7 Å². The van der Waals surface area contributed by atoms with Gasteiger partial charge in [0.15, 0.2) is 0 Å². The highest BCUT2D eigenvalue weighted by atomic mass is 35.5. The molecule has 1 heterocycles. The number of rotatable bonds is 0. The first-order chi connectivity index (χ1) is 4.79. The molecule has 12 heavy (non-hydrogen) atoms. The predicted octanol–water partition coefficient (Wildman–Crippen LogP) is 1.51. The molecule has 0 fully saturated rings. The quantitative estimate of drug-likeness (QED) is 0.681. The maximum atomic E-state index is 5.78. The summed E-state index contributed by atoms with van der Waals surface area (Å²) in [5, 5.41) is 7.07. The molecule has 1 aliphatic rings. The number of hydrogen-bond donors (Lipinski definition) is 2. The summed E-state index contributed by atoms with van der Waals surface area (Å²) in [5.74, 6) is 0. The van der Waals surface area contributed by atoms with E-state index >= 15 is 0 Å². The van der Waals surface area contributed by atoms with Gasteiger partial charge in [0.1, 0.15) is 0 Å². The average Bonchev–Trinajstić information content (AvgIpc) is 2.41. The minimum atomic E-state index is 0. The van der Waals surface area contributed by atoms with Crippen LogP contribution in [0.15, 0.2) is 0 Å². The Morgan fingerprint density at radius 3 is 2.75 bits per heavy atom. The highest BCUT2D eigenvalue weighted by Crippen LogP contribution is 2.28. The van der Waals surface area contributed by atoms with E-state index < -0.39 is 0 Å². The molecule has 1 aliphatic carbocycles. The topological polar surface area (TPSA) is 54.7 Å². The van der Waals surface area contributed by atoms with Gasteiger partial charge in [-0.25, -0.2) is 0 Å². The Labute approximate surface area is 83.9 Å². The number of halogens is 2. The van der Waals surface area contributed by atoms with Gasteiger partial charge in [0.25, 0.3) is 0 Å². The van der Waals surface area contributed by atoms with Gasteiger partial charge in [-0.2, -0.15) is 5.10 Å². The molecular weight excluding hydrogens is 197 g/mol. The van der Waals surface area contributed by atoms with E-state index in [-0.39, 0.29) is 30.9 Å². The molecule has 0 aliphatic heterocycles. The number of aromatic nitrogens is 2. The van der Waals surface area contributed by atoms with E-state index in [2.05, 4.69) is 10.2 Å². The second kappa shape index (κ2) is 4.12. The van der Waals surface area contributed by atoms with Crippen LogP contribution in [-0.4, -0.2) is 10.2 Å². The fourth-order valence-corrected chi connectivity index (χ4v) is 1.53. The largest absolute Gasteiger partial charge is 0.323 e. The zero-order valence-electron chi connectivity index (χ0n) is 6.83. The van der Waals surface area contributed by atoms with Crippen LogP contribution in [0.25, 0.3) is 0 Å². The Bertz CT molecular complexity index is 259. The van der Waals surface area contributed by atoms with Crippen LogP contribution < -0.4 is 5.73 Å². The number of nitrogens with zero attached hydrogens (tertiary/aromatic N) is 1. The number of H-pyrrole nitrogens is 1. The van der Waals surface area contributed by atoms with Crippen LogP contribution in [0, 0.1) is 6.92 Å². The van der Waals surface area contributed by atoms with Crippen molar-refractivity contribution in [2.45, 2.75) is 25.8 Å². The third kappa shape index (κ3) is 1.58. The van der Waals surface area contributed by atoms with Gasteiger partial charge in [0.2, 0.25) is 0 Å². The summed E-state index contributed by atoms with van der Waals surface area (Å²) in [7, 11) is 0. The normalized spacial score (nSPS) is 19.3. The fraction of sp³-hybridized carbons (Fsp3) is 0.571. The Morgan fingerprint density at radius 1 is 1.50 bits per heavy atom. The zero-order chi connectivity index (χ0) is 7.14. The molecule has 0 radical (unpaired) electrons. The van der Waals surface area contributed by atoms with E-state index in [1.807, 2.05) is 6.92 Å². The Morgan fingerprint density at radius 2 is 2.17 bits per heavy atom. The summed E-state index contributed by atoms with van der Waals surface area (Å²) in [4.78, 5) is 0. The number of aromatic amines is 1. The SMILES string of the molecule is Cc1[nH]nc2c1CCC2N.Cl.Cl. The first-order valence-electron chi connectivity index (χ1n) is 3.58. The molecule has 2 rings (SSSR count). The molecule has 1 aromatic heterocycles. The highest BCUT2D eigenvalue weighted by molar-refractivity contribution is 5.85. The van der Waals surface area contributed by atoms with Gasteiger partial charge in [0.05, 0.1) is 5.69 Å². The van der Waals surface area contributed by atoms with Crippen LogP contribution in [0.3, 0.4) is 0 Å². The molecule has 1 aromatic rings. The molecule has 5 heteroatoms. The second-order valence-corrected chi connectivity index (χ2v) is 2.86. The van der Waals surface area contributed by atoms with Crippen molar-refractivity contribution in [3.05, 3.63) is 17.0 Å². The predicted molar refractivity (Wildman–Crippen MR) is 53.1 cm³/mol. The maximum absolute atomic E-state index is 5.78. The summed E-state index contributed by atoms with van der Waals surface area (Å²) < 4.78 is 0. The lowest BCUT2D eigenvalue weighted by Crippen LogP contribution is -2.05. The second-order valence-electron chi connectivity index (χ2n) is 2.86. The smallest absolute Gasteiger partial charge is 0.0824 e.